The Bertz CT molecular complexity index is 1210. The summed E-state index contributed by atoms with van der Waals surface area (Å²) in [7, 11) is 1.65. The van der Waals surface area contributed by atoms with Crippen molar-refractivity contribution in [3.8, 4) is 5.75 Å². The number of carbonyl (C=O) groups is 1. The Hall–Kier alpha value is -3.08. The molecule has 0 saturated carbocycles. The van der Waals surface area contributed by atoms with Crippen LogP contribution in [0, 0.1) is 12.8 Å². The van der Waals surface area contributed by atoms with Crippen molar-refractivity contribution in [3.05, 3.63) is 102 Å². The number of carbonyl (C=O) groups excluding carboxylic acids is 1. The average molecular weight is 521 g/mol. The van der Waals surface area contributed by atoms with Crippen LogP contribution in [0.1, 0.15) is 18.1 Å². The summed E-state index contributed by atoms with van der Waals surface area (Å²) in [6.07, 6.45) is -2.21. The second kappa shape index (κ2) is 11.3. The van der Waals surface area contributed by atoms with Gasteiger partial charge in [0, 0.05) is 29.8 Å². The van der Waals surface area contributed by atoms with Gasteiger partial charge in [0.05, 0.1) is 19.6 Å². The molecular formula is C29H33N2O3PS. The minimum atomic E-state index is -2.65. The van der Waals surface area contributed by atoms with Crippen LogP contribution in [-0.4, -0.2) is 32.8 Å². The van der Waals surface area contributed by atoms with Gasteiger partial charge in [0.25, 0.3) is 0 Å². The predicted octanol–water partition coefficient (Wildman–Crippen LogP) is 6.58. The molecule has 4 rings (SSSR count). The topological polar surface area (TPSA) is 42.0 Å². The highest BCUT2D eigenvalue weighted by molar-refractivity contribution is 8.18. The van der Waals surface area contributed by atoms with Gasteiger partial charge in [-0.2, -0.15) is 0 Å². The van der Waals surface area contributed by atoms with Crippen LogP contribution in [0.5, 0.6) is 5.75 Å². The Morgan fingerprint density at radius 2 is 1.56 bits per heavy atom. The molecule has 1 aliphatic heterocycles. The summed E-state index contributed by atoms with van der Waals surface area (Å²) >= 11 is 6.60. The van der Waals surface area contributed by atoms with Crippen molar-refractivity contribution < 1.29 is 14.3 Å². The normalized spacial score (nSPS) is 15.4. The van der Waals surface area contributed by atoms with Gasteiger partial charge in [-0.15, -0.1) is 0 Å². The summed E-state index contributed by atoms with van der Waals surface area (Å²) in [5.41, 5.74) is 4.14. The van der Waals surface area contributed by atoms with E-state index in [2.05, 4.69) is 46.3 Å². The van der Waals surface area contributed by atoms with Crippen molar-refractivity contribution in [1.82, 2.24) is 0 Å². The minimum Gasteiger partial charge on any atom is -0.497 e. The zero-order valence-electron chi connectivity index (χ0n) is 21.1. The zero-order valence-corrected chi connectivity index (χ0v) is 22.8. The molecule has 7 heteroatoms. The third kappa shape index (κ3) is 5.21. The Morgan fingerprint density at radius 1 is 1.00 bits per heavy atom. The fourth-order valence-electron chi connectivity index (χ4n) is 4.75. The molecule has 0 N–H and O–H groups in total. The van der Waals surface area contributed by atoms with Crippen LogP contribution in [0.15, 0.2) is 90.8 Å². The number of aryl methyl sites for hydroxylation is 1. The Kier molecular flexibility index (Phi) is 8.17. The Balaban J connectivity index is 1.80. The van der Waals surface area contributed by atoms with Gasteiger partial charge in [-0.1, -0.05) is 49.0 Å². The minimum absolute atomic E-state index is 0.292. The first kappa shape index (κ1) is 26.0. The van der Waals surface area contributed by atoms with Crippen LogP contribution >= 0.6 is 6.34 Å². The van der Waals surface area contributed by atoms with E-state index in [1.807, 2.05) is 62.4 Å². The number of para-hydroxylation sites is 2. The van der Waals surface area contributed by atoms with Gasteiger partial charge in [0.2, 0.25) is 0 Å². The van der Waals surface area contributed by atoms with Crippen LogP contribution in [-0.2, 0) is 27.8 Å². The molecular weight excluding hydrogens is 487 g/mol. The summed E-state index contributed by atoms with van der Waals surface area (Å²) in [6, 6.07) is 26.4. The lowest BCUT2D eigenvalue weighted by Crippen LogP contribution is -2.28. The number of benzene rings is 3. The molecule has 1 saturated heterocycles. The van der Waals surface area contributed by atoms with Gasteiger partial charge in [0.15, 0.2) is 0 Å². The molecule has 0 bridgehead atoms. The number of rotatable bonds is 9. The molecule has 0 aliphatic carbocycles. The Morgan fingerprint density at radius 3 is 2.06 bits per heavy atom. The standard InChI is InChI=1S/C29H33N2O3PS/c1-5-34-29(32)28(21-24-18-22(2)19-27(20-24)33-4)23(3)35(36)30(25-12-8-6-9-13-25)16-17-31(35)26-14-10-7-11-15-26/h6-15,18-20,28H,3,5,16-17,21H2,1-2,4H3. The van der Waals surface area contributed by atoms with E-state index in [9.17, 15) is 4.79 Å². The Labute approximate surface area is 219 Å². The van der Waals surface area contributed by atoms with Crippen molar-refractivity contribution in [1.29, 1.82) is 0 Å². The van der Waals surface area contributed by atoms with E-state index in [-0.39, 0.29) is 5.97 Å². The van der Waals surface area contributed by atoms with Gasteiger partial charge >= 0.3 is 5.97 Å². The number of anilines is 2. The highest BCUT2D eigenvalue weighted by Gasteiger charge is 2.45. The molecule has 1 atom stereocenters. The van der Waals surface area contributed by atoms with Crippen LogP contribution in [0.2, 0.25) is 0 Å². The quantitative estimate of drug-likeness (QED) is 0.235. The monoisotopic (exact) mass is 520 g/mol. The van der Waals surface area contributed by atoms with E-state index in [1.54, 1.807) is 7.11 Å². The van der Waals surface area contributed by atoms with Crippen molar-refractivity contribution in [2.75, 3.05) is 36.1 Å². The first-order valence-electron chi connectivity index (χ1n) is 12.1. The molecule has 1 heterocycles. The molecule has 0 radical (unpaired) electrons. The molecule has 5 nitrogen and oxygen atoms in total. The number of nitrogens with zero attached hydrogens (tertiary/aromatic N) is 2. The third-order valence-electron chi connectivity index (χ3n) is 6.42. The summed E-state index contributed by atoms with van der Waals surface area (Å²) in [4.78, 5) is 13.4. The molecule has 1 unspecified atom stereocenters. The van der Waals surface area contributed by atoms with E-state index >= 15 is 0 Å². The van der Waals surface area contributed by atoms with Gasteiger partial charge in [-0.05, 0) is 79.6 Å². The van der Waals surface area contributed by atoms with Crippen molar-refractivity contribution in [2.45, 2.75) is 20.3 Å². The second-order valence-corrected chi connectivity index (χ2v) is 13.0. The molecule has 36 heavy (non-hydrogen) atoms. The lowest BCUT2D eigenvalue weighted by molar-refractivity contribution is -0.146. The molecule has 1 fully saturated rings. The second-order valence-electron chi connectivity index (χ2n) is 8.82. The van der Waals surface area contributed by atoms with E-state index in [1.165, 1.54) is 0 Å². The number of esters is 1. The highest BCUT2D eigenvalue weighted by Crippen LogP contribution is 2.67. The molecule has 188 valence electrons. The van der Waals surface area contributed by atoms with E-state index < -0.39 is 12.3 Å². The molecule has 1 aliphatic rings. The van der Waals surface area contributed by atoms with Gasteiger partial charge < -0.3 is 18.8 Å². The van der Waals surface area contributed by atoms with Crippen molar-refractivity contribution in [3.63, 3.8) is 0 Å². The zero-order chi connectivity index (χ0) is 25.7. The molecule has 3 aromatic carbocycles. The summed E-state index contributed by atoms with van der Waals surface area (Å²) < 4.78 is 15.6. The molecule has 0 aromatic heterocycles. The van der Waals surface area contributed by atoms with Gasteiger partial charge in [-0.3, -0.25) is 4.79 Å². The highest BCUT2D eigenvalue weighted by atomic mass is 32.4. The smallest absolute Gasteiger partial charge is 0.313 e. The molecule has 0 amide bonds. The largest absolute Gasteiger partial charge is 0.497 e. The first-order valence-corrected chi connectivity index (χ1v) is 14.9. The van der Waals surface area contributed by atoms with Crippen LogP contribution in [0.4, 0.5) is 11.4 Å². The maximum atomic E-state index is 13.4. The van der Waals surface area contributed by atoms with Gasteiger partial charge in [0.1, 0.15) is 12.1 Å². The summed E-state index contributed by atoms with van der Waals surface area (Å²) in [5.74, 6) is -0.114. The van der Waals surface area contributed by atoms with E-state index in [0.717, 1.165) is 46.7 Å². The van der Waals surface area contributed by atoms with E-state index in [0.29, 0.717) is 13.0 Å². The van der Waals surface area contributed by atoms with Crippen molar-refractivity contribution >= 4 is 35.5 Å². The number of hydrogen-bond acceptors (Lipinski definition) is 4. The lowest BCUT2D eigenvalue weighted by atomic mass is 9.97. The van der Waals surface area contributed by atoms with Crippen LogP contribution < -0.4 is 14.1 Å². The molecule has 3 aromatic rings. The average Bonchev–Trinajstić information content (AvgIpc) is 3.25. The van der Waals surface area contributed by atoms with E-state index in [4.69, 9.17) is 21.3 Å². The fourth-order valence-corrected chi connectivity index (χ4v) is 9.29. The summed E-state index contributed by atoms with van der Waals surface area (Å²) in [6.45, 7) is 10.2. The first-order chi connectivity index (χ1) is 17.4. The maximum Gasteiger partial charge on any atom is 0.313 e. The number of methoxy groups -OCH3 is 1. The fraction of sp³-hybridized carbons (Fsp3) is 0.276. The number of ether oxygens (including phenoxy) is 2. The lowest BCUT2D eigenvalue weighted by Gasteiger charge is -2.39. The summed E-state index contributed by atoms with van der Waals surface area (Å²) in [5, 5.41) is 0.738. The van der Waals surface area contributed by atoms with Crippen molar-refractivity contribution in [2.24, 2.45) is 5.92 Å². The maximum absolute atomic E-state index is 13.4. The SMILES string of the molecule is C=C(C(Cc1cc(C)cc(OC)c1)C(=O)OCC)P1(=S)N(c2ccccc2)CCN1c1ccccc1. The van der Waals surface area contributed by atoms with Gasteiger partial charge in [-0.25, -0.2) is 0 Å². The predicted molar refractivity (Wildman–Crippen MR) is 153 cm³/mol. The van der Waals surface area contributed by atoms with Crippen LogP contribution in [0.25, 0.3) is 0 Å². The molecule has 0 spiro atoms. The van der Waals surface area contributed by atoms with Crippen LogP contribution in [0.3, 0.4) is 0 Å². The third-order valence-corrected chi connectivity index (χ3v) is 11.5. The number of hydrogen-bond donors (Lipinski definition) is 0.